The number of aryl methyl sites for hydroxylation is 1. The van der Waals surface area contributed by atoms with Crippen LogP contribution in [-0.2, 0) is 18.6 Å². The highest BCUT2D eigenvalue weighted by Gasteiger charge is 2.21. The van der Waals surface area contributed by atoms with Gasteiger partial charge in [-0.05, 0) is 43.9 Å². The molecule has 1 aliphatic carbocycles. The van der Waals surface area contributed by atoms with Crippen LogP contribution in [0.4, 0.5) is 4.39 Å². The molecule has 146 valence electrons. The van der Waals surface area contributed by atoms with Crippen molar-refractivity contribution >= 4 is 11.8 Å². The average molecular weight is 408 g/mol. The molecule has 0 aliphatic heterocycles. The average Bonchev–Trinajstić information content (AvgIpc) is 3.45. The Kier molecular flexibility index (Phi) is 4.59. The first kappa shape index (κ1) is 18.0. The van der Waals surface area contributed by atoms with Gasteiger partial charge in [-0.2, -0.15) is 10.1 Å². The van der Waals surface area contributed by atoms with Crippen LogP contribution < -0.4 is 0 Å². The molecule has 1 aromatic carbocycles. The smallest absolute Gasteiger partial charge is 0.237 e. The van der Waals surface area contributed by atoms with Crippen molar-refractivity contribution in [3.63, 3.8) is 0 Å². The van der Waals surface area contributed by atoms with Gasteiger partial charge in [0.1, 0.15) is 17.2 Å². The molecule has 9 heteroatoms. The molecule has 0 N–H and O–H groups in total. The Morgan fingerprint density at radius 2 is 2.14 bits per heavy atom. The molecule has 1 aliphatic rings. The second kappa shape index (κ2) is 7.40. The summed E-state index contributed by atoms with van der Waals surface area (Å²) in [7, 11) is 0. The van der Waals surface area contributed by atoms with Gasteiger partial charge >= 0.3 is 0 Å². The normalized spacial score (nSPS) is 13.0. The van der Waals surface area contributed by atoms with E-state index in [1.165, 1.54) is 35.2 Å². The third-order valence-electron chi connectivity index (χ3n) is 4.87. The number of aromatic nitrogens is 6. The van der Waals surface area contributed by atoms with E-state index in [0.29, 0.717) is 23.0 Å². The van der Waals surface area contributed by atoms with Crippen LogP contribution in [0, 0.1) is 12.7 Å². The van der Waals surface area contributed by atoms with Gasteiger partial charge in [0.25, 0.3) is 0 Å². The SMILES string of the molecule is Cc1nn(-c2cc(SCc3nc(-c4cccc(F)c4)no3)ncn2)c2c1CCC2. The number of rotatable bonds is 5. The van der Waals surface area contributed by atoms with E-state index in [1.54, 1.807) is 18.5 Å². The largest absolute Gasteiger partial charge is 0.338 e. The predicted molar refractivity (Wildman–Crippen MR) is 105 cm³/mol. The Hall–Kier alpha value is -3.07. The molecule has 0 saturated heterocycles. The third-order valence-corrected chi connectivity index (χ3v) is 5.78. The van der Waals surface area contributed by atoms with E-state index in [9.17, 15) is 4.39 Å². The lowest BCUT2D eigenvalue weighted by Crippen LogP contribution is -2.04. The van der Waals surface area contributed by atoms with Crippen LogP contribution in [0.25, 0.3) is 17.2 Å². The van der Waals surface area contributed by atoms with E-state index >= 15 is 0 Å². The summed E-state index contributed by atoms with van der Waals surface area (Å²) in [6.45, 7) is 2.04. The Labute approximate surface area is 170 Å². The Balaban J connectivity index is 1.33. The molecule has 7 nitrogen and oxygen atoms in total. The fraction of sp³-hybridized carbons (Fsp3) is 0.250. The van der Waals surface area contributed by atoms with Gasteiger partial charge in [0, 0.05) is 17.3 Å². The molecule has 0 bridgehead atoms. The summed E-state index contributed by atoms with van der Waals surface area (Å²) in [6.07, 6.45) is 4.81. The maximum absolute atomic E-state index is 13.4. The van der Waals surface area contributed by atoms with Crippen LogP contribution in [0.2, 0.25) is 0 Å². The highest BCUT2D eigenvalue weighted by molar-refractivity contribution is 7.98. The van der Waals surface area contributed by atoms with E-state index in [2.05, 4.69) is 25.2 Å². The summed E-state index contributed by atoms with van der Waals surface area (Å²) in [5.74, 6) is 1.70. The number of hydrogen-bond acceptors (Lipinski definition) is 7. The summed E-state index contributed by atoms with van der Waals surface area (Å²) in [5.41, 5.74) is 4.24. The van der Waals surface area contributed by atoms with Crippen molar-refractivity contribution in [1.82, 2.24) is 29.9 Å². The highest BCUT2D eigenvalue weighted by Crippen LogP contribution is 2.28. The third kappa shape index (κ3) is 3.53. The van der Waals surface area contributed by atoms with Crippen LogP contribution >= 0.6 is 11.8 Å². The van der Waals surface area contributed by atoms with Crippen molar-refractivity contribution < 1.29 is 8.91 Å². The Bertz CT molecular complexity index is 1190. The van der Waals surface area contributed by atoms with Gasteiger partial charge in [0.05, 0.1) is 11.4 Å². The maximum atomic E-state index is 13.4. The van der Waals surface area contributed by atoms with E-state index < -0.39 is 0 Å². The van der Waals surface area contributed by atoms with Gasteiger partial charge in [-0.3, -0.25) is 0 Å². The summed E-state index contributed by atoms with van der Waals surface area (Å²) in [5, 5.41) is 9.38. The van der Waals surface area contributed by atoms with Gasteiger partial charge in [-0.15, -0.1) is 0 Å². The lowest BCUT2D eigenvalue weighted by atomic mass is 10.2. The molecule has 3 heterocycles. The zero-order valence-corrected chi connectivity index (χ0v) is 16.5. The number of nitrogens with zero attached hydrogens (tertiary/aromatic N) is 6. The predicted octanol–water partition coefficient (Wildman–Crippen LogP) is 3.94. The molecule has 0 atom stereocenters. The molecular formula is C20H17FN6OS. The van der Waals surface area contributed by atoms with Crippen LogP contribution in [0.3, 0.4) is 0 Å². The zero-order valence-electron chi connectivity index (χ0n) is 15.7. The zero-order chi connectivity index (χ0) is 19.8. The lowest BCUT2D eigenvalue weighted by Gasteiger charge is -2.05. The van der Waals surface area contributed by atoms with Gasteiger partial charge < -0.3 is 4.52 Å². The van der Waals surface area contributed by atoms with Crippen molar-refractivity contribution in [2.45, 2.75) is 37.0 Å². The van der Waals surface area contributed by atoms with Crippen molar-refractivity contribution in [2.75, 3.05) is 0 Å². The van der Waals surface area contributed by atoms with Crippen LogP contribution in [-0.4, -0.2) is 29.9 Å². The maximum Gasteiger partial charge on any atom is 0.237 e. The molecule has 4 aromatic rings. The monoisotopic (exact) mass is 408 g/mol. The minimum atomic E-state index is -0.336. The molecule has 0 unspecified atom stereocenters. The molecular weight excluding hydrogens is 391 g/mol. The molecule has 0 saturated carbocycles. The second-order valence-corrected chi connectivity index (χ2v) is 7.80. The first-order valence-corrected chi connectivity index (χ1v) is 10.3. The summed E-state index contributed by atoms with van der Waals surface area (Å²) >= 11 is 1.47. The van der Waals surface area contributed by atoms with Gasteiger partial charge in [-0.1, -0.05) is 29.1 Å². The highest BCUT2D eigenvalue weighted by atomic mass is 32.2. The summed E-state index contributed by atoms with van der Waals surface area (Å²) < 4.78 is 20.6. The van der Waals surface area contributed by atoms with Gasteiger partial charge in [0.2, 0.25) is 11.7 Å². The Morgan fingerprint density at radius 3 is 3.03 bits per heavy atom. The fourth-order valence-electron chi connectivity index (χ4n) is 3.53. The quantitative estimate of drug-likeness (QED) is 0.365. The second-order valence-electron chi connectivity index (χ2n) is 6.80. The molecule has 0 amide bonds. The standard InChI is InChI=1S/C20H17FN6OS/c1-12-15-6-3-7-16(15)27(25-12)17-9-19(23-11-22-17)29-10-18-24-20(26-28-18)13-4-2-5-14(21)8-13/h2,4-5,8-9,11H,3,6-7,10H2,1H3. The number of benzene rings is 1. The topological polar surface area (TPSA) is 82.5 Å². The number of halogens is 1. The molecule has 29 heavy (non-hydrogen) atoms. The van der Waals surface area contributed by atoms with E-state index in [0.717, 1.165) is 35.8 Å². The number of hydrogen-bond donors (Lipinski definition) is 0. The molecule has 3 aromatic heterocycles. The first-order chi connectivity index (χ1) is 14.2. The lowest BCUT2D eigenvalue weighted by molar-refractivity contribution is 0.391. The van der Waals surface area contributed by atoms with Crippen LogP contribution in [0.5, 0.6) is 0 Å². The summed E-state index contributed by atoms with van der Waals surface area (Å²) in [4.78, 5) is 13.1. The van der Waals surface area contributed by atoms with E-state index in [-0.39, 0.29) is 5.82 Å². The van der Waals surface area contributed by atoms with Crippen molar-refractivity contribution in [3.8, 4) is 17.2 Å². The van der Waals surface area contributed by atoms with Gasteiger partial charge in [-0.25, -0.2) is 19.0 Å². The van der Waals surface area contributed by atoms with Gasteiger partial charge in [0.15, 0.2) is 5.82 Å². The molecule has 0 spiro atoms. The van der Waals surface area contributed by atoms with Crippen LogP contribution in [0.1, 0.15) is 29.3 Å². The van der Waals surface area contributed by atoms with Crippen molar-refractivity contribution in [2.24, 2.45) is 0 Å². The minimum absolute atomic E-state index is 0.336. The van der Waals surface area contributed by atoms with E-state index in [1.807, 2.05) is 17.7 Å². The van der Waals surface area contributed by atoms with E-state index in [4.69, 9.17) is 4.52 Å². The molecule has 0 fully saturated rings. The number of thioether (sulfide) groups is 1. The minimum Gasteiger partial charge on any atom is -0.338 e. The van der Waals surface area contributed by atoms with Crippen molar-refractivity contribution in [1.29, 1.82) is 0 Å². The molecule has 0 radical (unpaired) electrons. The van der Waals surface area contributed by atoms with Crippen molar-refractivity contribution in [3.05, 3.63) is 65.3 Å². The Morgan fingerprint density at radius 1 is 1.21 bits per heavy atom. The first-order valence-electron chi connectivity index (χ1n) is 9.28. The van der Waals surface area contributed by atoms with Crippen LogP contribution in [0.15, 0.2) is 46.2 Å². The number of fused-ring (bicyclic) bond motifs is 1. The molecule has 5 rings (SSSR count). The fourth-order valence-corrected chi connectivity index (χ4v) is 4.23. The summed E-state index contributed by atoms with van der Waals surface area (Å²) in [6, 6.07) is 8.03.